The van der Waals surface area contributed by atoms with Crippen molar-refractivity contribution in [3.8, 4) is 0 Å². The average Bonchev–Trinajstić information content (AvgIpc) is 2.66. The molecule has 0 aromatic heterocycles. The molecule has 0 bridgehead atoms. The molecule has 0 aromatic carbocycles. The van der Waals surface area contributed by atoms with Gasteiger partial charge >= 0.3 is 15.5 Å². The molecular weight excluding hydrogens is 534 g/mol. The van der Waals surface area contributed by atoms with Gasteiger partial charge in [0.1, 0.15) is 0 Å². The maximum Gasteiger partial charge on any atom is 0.511 e. The van der Waals surface area contributed by atoms with Crippen LogP contribution in [0.25, 0.3) is 0 Å². The van der Waals surface area contributed by atoms with E-state index < -0.39 is 15.5 Å². The molecule has 2 heterocycles. The van der Waals surface area contributed by atoms with E-state index >= 15 is 0 Å². The van der Waals surface area contributed by atoms with Gasteiger partial charge < -0.3 is 15.5 Å². The van der Waals surface area contributed by atoms with Gasteiger partial charge in [0.2, 0.25) is 0 Å². The topological polar surface area (TPSA) is 77.0 Å². The first-order valence-corrected chi connectivity index (χ1v) is 11.8. The summed E-state index contributed by atoms with van der Waals surface area (Å²) < 4.78 is 61.4. The van der Waals surface area contributed by atoms with Crippen molar-refractivity contribution in [1.82, 2.24) is 19.8 Å². The van der Waals surface area contributed by atoms with Crippen LogP contribution in [0.2, 0.25) is 0 Å². The third-order valence-corrected chi connectivity index (χ3v) is 7.22. The SMILES string of the molecule is CN=C(NCCCCN1CCCC(C)C1)NC1CCN(S(=O)(=O)C(F)(F)F)CC1.I. The van der Waals surface area contributed by atoms with Crippen LogP contribution in [0.15, 0.2) is 4.99 Å². The molecule has 0 spiro atoms. The second-order valence-corrected chi connectivity index (χ2v) is 9.95. The summed E-state index contributed by atoms with van der Waals surface area (Å²) in [5.74, 6) is 1.39. The summed E-state index contributed by atoms with van der Waals surface area (Å²) in [7, 11) is -3.59. The van der Waals surface area contributed by atoms with E-state index in [0.717, 1.165) is 31.8 Å². The first-order valence-electron chi connectivity index (χ1n) is 10.4. The number of alkyl halides is 3. The smallest absolute Gasteiger partial charge is 0.356 e. The average molecular weight is 569 g/mol. The molecule has 0 radical (unpaired) electrons. The highest BCUT2D eigenvalue weighted by Crippen LogP contribution is 2.28. The third kappa shape index (κ3) is 8.30. The molecule has 2 rings (SSSR count). The van der Waals surface area contributed by atoms with Crippen LogP contribution in [0, 0.1) is 5.92 Å². The number of guanidine groups is 1. The number of piperidine rings is 2. The van der Waals surface area contributed by atoms with Gasteiger partial charge in [-0.1, -0.05) is 6.92 Å². The molecule has 7 nitrogen and oxygen atoms in total. The molecule has 2 aliphatic rings. The van der Waals surface area contributed by atoms with Crippen LogP contribution in [-0.4, -0.2) is 81.4 Å². The summed E-state index contributed by atoms with van der Waals surface area (Å²) >= 11 is 0. The summed E-state index contributed by atoms with van der Waals surface area (Å²) in [5.41, 5.74) is -5.24. The lowest BCUT2D eigenvalue weighted by atomic mass is 10.0. The summed E-state index contributed by atoms with van der Waals surface area (Å²) in [6, 6.07) is -0.101. The molecule has 2 N–H and O–H groups in total. The highest BCUT2D eigenvalue weighted by atomic mass is 127. The minimum atomic E-state index is -5.24. The van der Waals surface area contributed by atoms with Crippen LogP contribution in [0.5, 0.6) is 0 Å². The molecule has 12 heteroatoms. The minimum absolute atomic E-state index is 0. The summed E-state index contributed by atoms with van der Waals surface area (Å²) in [6.45, 7) is 6.24. The number of sulfonamides is 1. The van der Waals surface area contributed by atoms with Gasteiger partial charge in [-0.25, -0.2) is 8.42 Å². The first-order chi connectivity index (χ1) is 13.6. The van der Waals surface area contributed by atoms with Crippen LogP contribution in [0.3, 0.4) is 0 Å². The van der Waals surface area contributed by atoms with E-state index in [1.807, 2.05) is 0 Å². The van der Waals surface area contributed by atoms with Gasteiger partial charge in [0.15, 0.2) is 5.96 Å². The Hall–Kier alpha value is -0.340. The van der Waals surface area contributed by atoms with Gasteiger partial charge in [0.25, 0.3) is 0 Å². The number of rotatable bonds is 7. The Morgan fingerprint density at radius 2 is 1.80 bits per heavy atom. The largest absolute Gasteiger partial charge is 0.511 e. The van der Waals surface area contributed by atoms with Crippen LogP contribution in [0.1, 0.15) is 45.4 Å². The number of likely N-dealkylation sites (tertiary alicyclic amines) is 1. The first kappa shape index (κ1) is 27.7. The van der Waals surface area contributed by atoms with Crippen LogP contribution >= 0.6 is 24.0 Å². The normalized spacial score (nSPS) is 23.1. The van der Waals surface area contributed by atoms with Gasteiger partial charge in [-0.05, 0) is 57.5 Å². The number of unbranched alkanes of at least 4 members (excludes halogenated alkanes) is 1. The van der Waals surface area contributed by atoms with Crippen molar-refractivity contribution in [2.45, 2.75) is 57.0 Å². The minimum Gasteiger partial charge on any atom is -0.356 e. The van der Waals surface area contributed by atoms with Gasteiger partial charge in [-0.3, -0.25) is 4.99 Å². The maximum absolute atomic E-state index is 12.6. The van der Waals surface area contributed by atoms with E-state index in [2.05, 4.69) is 27.4 Å². The Kier molecular flexibility index (Phi) is 11.7. The molecule has 1 unspecified atom stereocenters. The second kappa shape index (κ2) is 12.6. The van der Waals surface area contributed by atoms with Gasteiger partial charge in [0, 0.05) is 39.3 Å². The monoisotopic (exact) mass is 569 g/mol. The predicted octanol–water partition coefficient (Wildman–Crippen LogP) is 2.60. The molecule has 2 aliphatic heterocycles. The standard InChI is InChI=1S/C18H34F3N5O2S.HI/c1-15-6-5-11-25(14-15)10-4-3-9-23-17(22-2)24-16-7-12-26(13-8-16)29(27,28)18(19,20)21;/h15-16H,3-14H2,1-2H3,(H2,22,23,24);1H. The quantitative estimate of drug-likeness (QED) is 0.214. The van der Waals surface area contributed by atoms with Crippen LogP contribution in [-0.2, 0) is 10.0 Å². The van der Waals surface area contributed by atoms with Crippen molar-refractivity contribution < 1.29 is 21.6 Å². The molecule has 2 fully saturated rings. The van der Waals surface area contributed by atoms with E-state index in [4.69, 9.17) is 0 Å². The highest BCUT2D eigenvalue weighted by molar-refractivity contribution is 14.0. The lowest BCUT2D eigenvalue weighted by Gasteiger charge is -2.32. The van der Waals surface area contributed by atoms with E-state index in [1.165, 1.54) is 25.9 Å². The summed E-state index contributed by atoms with van der Waals surface area (Å²) in [5, 5.41) is 6.43. The highest BCUT2D eigenvalue weighted by Gasteiger charge is 2.50. The van der Waals surface area contributed by atoms with Crippen LogP contribution < -0.4 is 10.6 Å². The molecule has 2 saturated heterocycles. The zero-order chi connectivity index (χ0) is 21.5. The van der Waals surface area contributed by atoms with Crippen molar-refractivity contribution >= 4 is 40.0 Å². The van der Waals surface area contributed by atoms with Crippen LogP contribution in [0.4, 0.5) is 13.2 Å². The fourth-order valence-electron chi connectivity index (χ4n) is 3.93. The Labute approximate surface area is 195 Å². The molecule has 0 saturated carbocycles. The molecule has 0 aliphatic carbocycles. The summed E-state index contributed by atoms with van der Waals surface area (Å²) in [4.78, 5) is 6.68. The number of nitrogens with one attached hydrogen (secondary N) is 2. The van der Waals surface area contributed by atoms with E-state index in [-0.39, 0.29) is 43.1 Å². The van der Waals surface area contributed by atoms with Crippen molar-refractivity contribution in [2.24, 2.45) is 10.9 Å². The number of halogens is 4. The summed E-state index contributed by atoms with van der Waals surface area (Å²) in [6.07, 6.45) is 5.32. The Morgan fingerprint density at radius 1 is 1.13 bits per heavy atom. The van der Waals surface area contributed by atoms with Crippen molar-refractivity contribution in [3.05, 3.63) is 0 Å². The lowest BCUT2D eigenvalue weighted by Crippen LogP contribution is -2.51. The number of nitrogens with zero attached hydrogens (tertiary/aromatic N) is 3. The van der Waals surface area contributed by atoms with Gasteiger partial charge in [-0.2, -0.15) is 17.5 Å². The Balaban J connectivity index is 0.00000450. The number of aliphatic imine (C=N–C) groups is 1. The zero-order valence-electron chi connectivity index (χ0n) is 17.7. The lowest BCUT2D eigenvalue weighted by molar-refractivity contribution is -0.0494. The maximum atomic E-state index is 12.6. The van der Waals surface area contributed by atoms with E-state index in [9.17, 15) is 21.6 Å². The van der Waals surface area contributed by atoms with Crippen molar-refractivity contribution in [2.75, 3.05) is 46.3 Å². The molecule has 0 amide bonds. The van der Waals surface area contributed by atoms with Crippen molar-refractivity contribution in [3.63, 3.8) is 0 Å². The molecule has 30 heavy (non-hydrogen) atoms. The third-order valence-electron chi connectivity index (χ3n) is 5.59. The number of hydrogen-bond acceptors (Lipinski definition) is 4. The van der Waals surface area contributed by atoms with E-state index in [1.54, 1.807) is 7.05 Å². The Bertz CT molecular complexity index is 640. The molecule has 1 atom stereocenters. The number of hydrogen-bond donors (Lipinski definition) is 2. The van der Waals surface area contributed by atoms with E-state index in [0.29, 0.717) is 23.1 Å². The van der Waals surface area contributed by atoms with Gasteiger partial charge in [0.05, 0.1) is 0 Å². The molecular formula is C18H35F3IN5O2S. The molecule has 0 aromatic rings. The predicted molar refractivity (Wildman–Crippen MR) is 124 cm³/mol. The second-order valence-electron chi connectivity index (χ2n) is 8.02. The Morgan fingerprint density at radius 3 is 2.37 bits per heavy atom. The fourth-order valence-corrected chi connectivity index (χ4v) is 4.92. The molecule has 178 valence electrons. The van der Waals surface area contributed by atoms with Gasteiger partial charge in [-0.15, -0.1) is 24.0 Å². The fraction of sp³-hybridized carbons (Fsp3) is 0.944. The zero-order valence-corrected chi connectivity index (χ0v) is 20.9. The van der Waals surface area contributed by atoms with Crippen molar-refractivity contribution in [1.29, 1.82) is 0 Å².